The van der Waals surface area contributed by atoms with Gasteiger partial charge in [0.2, 0.25) is 5.91 Å². The lowest BCUT2D eigenvalue weighted by molar-refractivity contribution is -0.137. The first-order valence-electron chi connectivity index (χ1n) is 7.23. The van der Waals surface area contributed by atoms with Gasteiger partial charge in [-0.05, 0) is 37.0 Å². The monoisotopic (exact) mass is 291 g/mol. The van der Waals surface area contributed by atoms with Crippen LogP contribution in [-0.4, -0.2) is 30.6 Å². The fraction of sp³-hybridized carbons (Fsp3) is 0.500. The van der Waals surface area contributed by atoms with Crippen LogP contribution in [0.15, 0.2) is 24.3 Å². The van der Waals surface area contributed by atoms with Gasteiger partial charge in [-0.3, -0.25) is 9.59 Å². The molecular weight excluding hydrogens is 270 g/mol. The molecule has 1 aromatic rings. The van der Waals surface area contributed by atoms with E-state index in [4.69, 9.17) is 9.84 Å². The van der Waals surface area contributed by atoms with Crippen molar-refractivity contribution in [3.63, 3.8) is 0 Å². The number of hydrogen-bond acceptors (Lipinski definition) is 3. The summed E-state index contributed by atoms with van der Waals surface area (Å²) in [5.74, 6) is -0.0582. The molecule has 5 heteroatoms. The van der Waals surface area contributed by atoms with Crippen LogP contribution in [0.1, 0.15) is 37.7 Å². The van der Waals surface area contributed by atoms with Gasteiger partial charge >= 0.3 is 5.97 Å². The van der Waals surface area contributed by atoms with Gasteiger partial charge in [0, 0.05) is 13.0 Å². The van der Waals surface area contributed by atoms with Gasteiger partial charge in [0.1, 0.15) is 5.75 Å². The van der Waals surface area contributed by atoms with Crippen molar-refractivity contribution in [3.05, 3.63) is 29.8 Å². The topological polar surface area (TPSA) is 75.6 Å². The van der Waals surface area contributed by atoms with Crippen LogP contribution in [0.3, 0.4) is 0 Å². The molecule has 2 N–H and O–H groups in total. The van der Waals surface area contributed by atoms with Crippen molar-refractivity contribution < 1.29 is 19.4 Å². The Balaban J connectivity index is 1.99. The number of carboxylic acid groups (broad SMARTS) is 1. The number of hydrogen-bond donors (Lipinski definition) is 2. The highest BCUT2D eigenvalue weighted by molar-refractivity contribution is 5.89. The number of carbonyl (C=O) groups is 2. The zero-order valence-corrected chi connectivity index (χ0v) is 12.2. The van der Waals surface area contributed by atoms with Gasteiger partial charge in [-0.15, -0.1) is 0 Å². The largest absolute Gasteiger partial charge is 0.497 e. The van der Waals surface area contributed by atoms with Gasteiger partial charge in [0.25, 0.3) is 0 Å². The Morgan fingerprint density at radius 2 is 1.95 bits per heavy atom. The maximum atomic E-state index is 12.5. The minimum Gasteiger partial charge on any atom is -0.497 e. The Kier molecular flexibility index (Phi) is 4.83. The van der Waals surface area contributed by atoms with Crippen molar-refractivity contribution in [2.45, 2.75) is 37.5 Å². The average Bonchev–Trinajstić information content (AvgIpc) is 2.43. The summed E-state index contributed by atoms with van der Waals surface area (Å²) in [6.07, 6.45) is 3.25. The second kappa shape index (κ2) is 6.61. The minimum atomic E-state index is -0.835. The van der Waals surface area contributed by atoms with Gasteiger partial charge in [-0.2, -0.15) is 0 Å². The van der Waals surface area contributed by atoms with E-state index in [-0.39, 0.29) is 12.3 Å². The third-order valence-electron chi connectivity index (χ3n) is 4.14. The summed E-state index contributed by atoms with van der Waals surface area (Å²) in [7, 11) is 1.61. The Labute approximate surface area is 124 Å². The van der Waals surface area contributed by atoms with Crippen LogP contribution in [0.2, 0.25) is 0 Å². The van der Waals surface area contributed by atoms with Crippen LogP contribution in [0.25, 0.3) is 0 Å². The fourth-order valence-corrected chi connectivity index (χ4v) is 2.70. The van der Waals surface area contributed by atoms with E-state index in [1.807, 2.05) is 24.3 Å². The molecule has 0 aromatic heterocycles. The van der Waals surface area contributed by atoms with Crippen molar-refractivity contribution in [1.29, 1.82) is 0 Å². The summed E-state index contributed by atoms with van der Waals surface area (Å²) < 4.78 is 5.14. The number of ether oxygens (including phenoxy) is 1. The van der Waals surface area contributed by atoms with Gasteiger partial charge in [-0.1, -0.05) is 18.6 Å². The highest BCUT2D eigenvalue weighted by atomic mass is 16.5. The van der Waals surface area contributed by atoms with Crippen molar-refractivity contribution in [3.8, 4) is 5.75 Å². The normalized spacial score (nSPS) is 15.9. The number of benzene rings is 1. The maximum Gasteiger partial charge on any atom is 0.303 e. The number of carbonyl (C=O) groups excluding carboxylic acids is 1. The highest BCUT2D eigenvalue weighted by Crippen LogP contribution is 2.44. The van der Waals surface area contributed by atoms with E-state index in [0.717, 1.165) is 30.6 Å². The lowest BCUT2D eigenvalue weighted by Crippen LogP contribution is -2.49. The Hall–Kier alpha value is -2.04. The molecule has 1 fully saturated rings. The standard InChI is InChI=1S/C16H21NO4/c1-21-13-7-5-12(6-8-13)16(9-3-10-16)15(20)17-11-2-4-14(18)19/h5-8H,2-4,9-11H2,1H3,(H,17,20)(H,18,19). The molecule has 1 aliphatic rings. The lowest BCUT2D eigenvalue weighted by atomic mass is 9.64. The van der Waals surface area contributed by atoms with E-state index < -0.39 is 11.4 Å². The predicted molar refractivity (Wildman–Crippen MR) is 78.4 cm³/mol. The van der Waals surface area contributed by atoms with E-state index in [0.29, 0.717) is 13.0 Å². The Morgan fingerprint density at radius 1 is 1.29 bits per heavy atom. The summed E-state index contributed by atoms with van der Waals surface area (Å²) in [6.45, 7) is 0.406. The van der Waals surface area contributed by atoms with Crippen LogP contribution in [-0.2, 0) is 15.0 Å². The van der Waals surface area contributed by atoms with Gasteiger partial charge < -0.3 is 15.2 Å². The quantitative estimate of drug-likeness (QED) is 0.754. The minimum absolute atomic E-state index is 0.00399. The lowest BCUT2D eigenvalue weighted by Gasteiger charge is -2.40. The van der Waals surface area contributed by atoms with Crippen LogP contribution in [0, 0.1) is 0 Å². The molecule has 1 aromatic carbocycles. The van der Waals surface area contributed by atoms with E-state index in [1.54, 1.807) is 7.11 Å². The maximum absolute atomic E-state index is 12.5. The Bertz CT molecular complexity index is 506. The van der Waals surface area contributed by atoms with E-state index in [2.05, 4.69) is 5.32 Å². The fourth-order valence-electron chi connectivity index (χ4n) is 2.70. The summed E-state index contributed by atoms with van der Waals surface area (Å²) in [5.41, 5.74) is 0.556. The molecule has 1 saturated carbocycles. The smallest absolute Gasteiger partial charge is 0.303 e. The van der Waals surface area contributed by atoms with Crippen molar-refractivity contribution in [2.75, 3.05) is 13.7 Å². The highest BCUT2D eigenvalue weighted by Gasteiger charge is 2.45. The number of aliphatic carboxylic acids is 1. The number of amides is 1. The molecule has 0 spiro atoms. The van der Waals surface area contributed by atoms with Crippen LogP contribution >= 0.6 is 0 Å². The summed E-state index contributed by atoms with van der Waals surface area (Å²) >= 11 is 0. The zero-order chi connectivity index (χ0) is 15.3. The van der Waals surface area contributed by atoms with Gasteiger partial charge in [0.15, 0.2) is 0 Å². The van der Waals surface area contributed by atoms with Crippen LogP contribution < -0.4 is 10.1 Å². The molecule has 1 aliphatic carbocycles. The number of carboxylic acids is 1. The molecular formula is C16H21NO4. The molecule has 0 saturated heterocycles. The first-order valence-corrected chi connectivity index (χ1v) is 7.23. The molecule has 21 heavy (non-hydrogen) atoms. The average molecular weight is 291 g/mol. The molecule has 0 heterocycles. The summed E-state index contributed by atoms with van der Waals surface area (Å²) in [5, 5.41) is 11.5. The van der Waals surface area contributed by atoms with Gasteiger partial charge in [-0.25, -0.2) is 0 Å². The van der Waals surface area contributed by atoms with Crippen LogP contribution in [0.4, 0.5) is 0 Å². The third kappa shape index (κ3) is 3.35. The summed E-state index contributed by atoms with van der Waals surface area (Å²) in [6, 6.07) is 7.61. The Morgan fingerprint density at radius 3 is 2.43 bits per heavy atom. The number of methoxy groups -OCH3 is 1. The van der Waals surface area contributed by atoms with Crippen molar-refractivity contribution >= 4 is 11.9 Å². The number of rotatable bonds is 7. The second-order valence-electron chi connectivity index (χ2n) is 5.42. The molecule has 2 rings (SSSR count). The molecule has 5 nitrogen and oxygen atoms in total. The molecule has 114 valence electrons. The second-order valence-corrected chi connectivity index (χ2v) is 5.42. The van der Waals surface area contributed by atoms with Crippen molar-refractivity contribution in [2.24, 2.45) is 0 Å². The third-order valence-corrected chi connectivity index (χ3v) is 4.14. The van der Waals surface area contributed by atoms with Crippen LogP contribution in [0.5, 0.6) is 5.75 Å². The molecule has 1 amide bonds. The first-order chi connectivity index (χ1) is 10.1. The van der Waals surface area contributed by atoms with E-state index >= 15 is 0 Å². The molecule has 0 atom stereocenters. The molecule has 0 bridgehead atoms. The molecule has 0 aliphatic heterocycles. The van der Waals surface area contributed by atoms with E-state index in [1.165, 1.54) is 0 Å². The number of nitrogens with one attached hydrogen (secondary N) is 1. The van der Waals surface area contributed by atoms with E-state index in [9.17, 15) is 9.59 Å². The summed E-state index contributed by atoms with van der Waals surface area (Å²) in [4.78, 5) is 22.9. The zero-order valence-electron chi connectivity index (χ0n) is 12.2. The van der Waals surface area contributed by atoms with Gasteiger partial charge in [0.05, 0.1) is 12.5 Å². The van der Waals surface area contributed by atoms with Crippen molar-refractivity contribution in [1.82, 2.24) is 5.32 Å². The SMILES string of the molecule is COc1ccc(C2(C(=O)NCCCC(=O)O)CCC2)cc1. The molecule has 0 radical (unpaired) electrons. The molecule has 0 unspecified atom stereocenters. The first kappa shape index (κ1) is 15.4. The predicted octanol–water partition coefficient (Wildman–Crippen LogP) is 2.10.